The highest BCUT2D eigenvalue weighted by molar-refractivity contribution is 5.09. The highest BCUT2D eigenvalue weighted by Gasteiger charge is 1.98. The van der Waals surface area contributed by atoms with Crippen LogP contribution in [0.15, 0.2) is 24.5 Å². The summed E-state index contributed by atoms with van der Waals surface area (Å²) >= 11 is 0. The van der Waals surface area contributed by atoms with E-state index in [1.807, 2.05) is 19.4 Å². The third-order valence-electron chi connectivity index (χ3n) is 2.75. The Labute approximate surface area is 98.9 Å². The Kier molecular flexibility index (Phi) is 6.77. The fraction of sp³-hybridized carbons (Fsp3) is 0.615. The molecule has 3 nitrogen and oxygen atoms in total. The molecule has 0 amide bonds. The highest BCUT2D eigenvalue weighted by Crippen LogP contribution is 1.99. The van der Waals surface area contributed by atoms with Crippen LogP contribution in [-0.2, 0) is 6.42 Å². The monoisotopic (exact) mass is 221 g/mol. The standard InChI is InChI=1S/C13H23N3/c1-14-8-3-4-11-16(2)12-7-13-5-9-15-10-6-13/h5-6,9-10,14H,3-4,7-8,11-12H2,1-2H3. The van der Waals surface area contributed by atoms with Gasteiger partial charge in [-0.05, 0) is 64.1 Å². The van der Waals surface area contributed by atoms with Gasteiger partial charge < -0.3 is 10.2 Å². The zero-order chi connectivity index (χ0) is 11.6. The first-order valence-electron chi connectivity index (χ1n) is 6.05. The lowest BCUT2D eigenvalue weighted by molar-refractivity contribution is 0.329. The second-order valence-electron chi connectivity index (χ2n) is 4.22. The Hall–Kier alpha value is -0.930. The fourth-order valence-electron chi connectivity index (χ4n) is 1.66. The van der Waals surface area contributed by atoms with Gasteiger partial charge in [0.15, 0.2) is 0 Å². The predicted octanol–water partition coefficient (Wildman–Crippen LogP) is 1.56. The normalized spacial score (nSPS) is 10.9. The van der Waals surface area contributed by atoms with Crippen molar-refractivity contribution < 1.29 is 0 Å². The summed E-state index contributed by atoms with van der Waals surface area (Å²) in [6.07, 6.45) is 7.37. The first-order valence-corrected chi connectivity index (χ1v) is 6.05. The second-order valence-corrected chi connectivity index (χ2v) is 4.22. The van der Waals surface area contributed by atoms with Crippen LogP contribution in [0.1, 0.15) is 18.4 Å². The van der Waals surface area contributed by atoms with E-state index in [4.69, 9.17) is 0 Å². The molecule has 0 aliphatic rings. The van der Waals surface area contributed by atoms with Gasteiger partial charge in [-0.3, -0.25) is 4.98 Å². The number of unbranched alkanes of at least 4 members (excludes halogenated alkanes) is 1. The minimum Gasteiger partial charge on any atom is -0.320 e. The molecule has 90 valence electrons. The van der Waals surface area contributed by atoms with Gasteiger partial charge in [-0.1, -0.05) is 0 Å². The molecule has 0 atom stereocenters. The van der Waals surface area contributed by atoms with Crippen LogP contribution in [0, 0.1) is 0 Å². The maximum absolute atomic E-state index is 4.02. The third-order valence-corrected chi connectivity index (χ3v) is 2.75. The van der Waals surface area contributed by atoms with Crippen LogP contribution < -0.4 is 5.32 Å². The Morgan fingerprint density at radius 2 is 1.94 bits per heavy atom. The lowest BCUT2D eigenvalue weighted by atomic mass is 10.2. The zero-order valence-corrected chi connectivity index (χ0v) is 10.4. The number of pyridine rings is 1. The summed E-state index contributed by atoms with van der Waals surface area (Å²) in [4.78, 5) is 6.42. The largest absolute Gasteiger partial charge is 0.320 e. The summed E-state index contributed by atoms with van der Waals surface area (Å²) < 4.78 is 0. The number of hydrogen-bond acceptors (Lipinski definition) is 3. The number of rotatable bonds is 8. The summed E-state index contributed by atoms with van der Waals surface area (Å²) in [6, 6.07) is 4.18. The summed E-state index contributed by atoms with van der Waals surface area (Å²) in [5, 5.41) is 3.17. The van der Waals surface area contributed by atoms with Crippen LogP contribution >= 0.6 is 0 Å². The lowest BCUT2D eigenvalue weighted by Gasteiger charge is -2.16. The molecule has 0 spiro atoms. The van der Waals surface area contributed by atoms with Crippen LogP contribution in [-0.4, -0.2) is 43.6 Å². The van der Waals surface area contributed by atoms with Gasteiger partial charge in [-0.2, -0.15) is 0 Å². The minimum atomic E-state index is 1.12. The Morgan fingerprint density at radius 3 is 2.62 bits per heavy atom. The molecule has 0 saturated heterocycles. The average molecular weight is 221 g/mol. The Balaban J connectivity index is 2.08. The molecule has 0 aliphatic heterocycles. The van der Waals surface area contributed by atoms with Gasteiger partial charge in [0.25, 0.3) is 0 Å². The van der Waals surface area contributed by atoms with Crippen molar-refractivity contribution in [1.82, 2.24) is 15.2 Å². The lowest BCUT2D eigenvalue weighted by Crippen LogP contribution is -2.23. The van der Waals surface area contributed by atoms with Crippen LogP contribution in [0.2, 0.25) is 0 Å². The van der Waals surface area contributed by atoms with Gasteiger partial charge in [-0.15, -0.1) is 0 Å². The van der Waals surface area contributed by atoms with Gasteiger partial charge in [0.1, 0.15) is 0 Å². The minimum absolute atomic E-state index is 1.12. The molecule has 0 radical (unpaired) electrons. The van der Waals surface area contributed by atoms with E-state index in [2.05, 4.69) is 34.4 Å². The van der Waals surface area contributed by atoms with Gasteiger partial charge >= 0.3 is 0 Å². The quantitative estimate of drug-likeness (QED) is 0.675. The molecule has 1 heterocycles. The molecule has 3 heteroatoms. The summed E-state index contributed by atoms with van der Waals surface area (Å²) in [5.74, 6) is 0. The number of nitrogens with zero attached hydrogens (tertiary/aromatic N) is 2. The fourth-order valence-corrected chi connectivity index (χ4v) is 1.66. The van der Waals surface area contributed by atoms with Crippen LogP contribution in [0.25, 0.3) is 0 Å². The van der Waals surface area contributed by atoms with Crippen molar-refractivity contribution in [3.8, 4) is 0 Å². The molecule has 1 aromatic rings. The van der Waals surface area contributed by atoms with Crippen molar-refractivity contribution in [2.45, 2.75) is 19.3 Å². The van der Waals surface area contributed by atoms with E-state index >= 15 is 0 Å². The van der Waals surface area contributed by atoms with E-state index in [0.717, 1.165) is 19.5 Å². The van der Waals surface area contributed by atoms with Crippen LogP contribution in [0.4, 0.5) is 0 Å². The molecule has 0 saturated carbocycles. The molecule has 0 unspecified atom stereocenters. The molecule has 0 bridgehead atoms. The molecular formula is C13H23N3. The Bertz CT molecular complexity index is 261. The molecule has 0 aromatic carbocycles. The van der Waals surface area contributed by atoms with Crippen molar-refractivity contribution >= 4 is 0 Å². The number of likely N-dealkylation sites (N-methyl/N-ethyl adjacent to an activating group) is 1. The number of aromatic nitrogens is 1. The van der Waals surface area contributed by atoms with Gasteiger partial charge in [0.2, 0.25) is 0 Å². The zero-order valence-electron chi connectivity index (χ0n) is 10.4. The Morgan fingerprint density at radius 1 is 1.19 bits per heavy atom. The summed E-state index contributed by atoms with van der Waals surface area (Å²) in [6.45, 7) is 3.44. The topological polar surface area (TPSA) is 28.2 Å². The molecule has 1 N–H and O–H groups in total. The van der Waals surface area contributed by atoms with Crippen molar-refractivity contribution in [2.24, 2.45) is 0 Å². The van der Waals surface area contributed by atoms with E-state index in [1.54, 1.807) is 0 Å². The maximum atomic E-state index is 4.02. The van der Waals surface area contributed by atoms with Gasteiger partial charge in [0, 0.05) is 18.9 Å². The maximum Gasteiger partial charge on any atom is 0.0270 e. The van der Waals surface area contributed by atoms with Gasteiger partial charge in [0.05, 0.1) is 0 Å². The van der Waals surface area contributed by atoms with Crippen molar-refractivity contribution in [3.05, 3.63) is 30.1 Å². The molecule has 16 heavy (non-hydrogen) atoms. The molecule has 1 rings (SSSR count). The van der Waals surface area contributed by atoms with Crippen molar-refractivity contribution in [3.63, 3.8) is 0 Å². The van der Waals surface area contributed by atoms with E-state index < -0.39 is 0 Å². The highest BCUT2D eigenvalue weighted by atomic mass is 15.1. The molecular weight excluding hydrogens is 198 g/mol. The number of hydrogen-bond donors (Lipinski definition) is 1. The van der Waals surface area contributed by atoms with E-state index in [-0.39, 0.29) is 0 Å². The first kappa shape index (κ1) is 13.1. The molecule has 1 aromatic heterocycles. The average Bonchev–Trinajstić information content (AvgIpc) is 2.33. The second kappa shape index (κ2) is 8.25. The van der Waals surface area contributed by atoms with E-state index in [0.29, 0.717) is 0 Å². The summed E-state index contributed by atoms with van der Waals surface area (Å²) in [5.41, 5.74) is 1.37. The van der Waals surface area contributed by atoms with Crippen molar-refractivity contribution in [2.75, 3.05) is 33.7 Å². The van der Waals surface area contributed by atoms with E-state index in [1.165, 1.54) is 24.9 Å². The number of nitrogens with one attached hydrogen (secondary N) is 1. The summed E-state index contributed by atoms with van der Waals surface area (Å²) in [7, 11) is 4.20. The third kappa shape index (κ3) is 5.83. The smallest absolute Gasteiger partial charge is 0.0270 e. The predicted molar refractivity (Wildman–Crippen MR) is 68.6 cm³/mol. The van der Waals surface area contributed by atoms with Crippen LogP contribution in [0.5, 0.6) is 0 Å². The first-order chi connectivity index (χ1) is 7.83. The molecule has 0 aliphatic carbocycles. The molecule has 0 fully saturated rings. The van der Waals surface area contributed by atoms with E-state index in [9.17, 15) is 0 Å². The SMILES string of the molecule is CNCCCCN(C)CCc1ccncc1. The van der Waals surface area contributed by atoms with Crippen LogP contribution in [0.3, 0.4) is 0 Å². The van der Waals surface area contributed by atoms with Crippen molar-refractivity contribution in [1.29, 1.82) is 0 Å². The van der Waals surface area contributed by atoms with Gasteiger partial charge in [-0.25, -0.2) is 0 Å².